The quantitative estimate of drug-likeness (QED) is 0.485. The zero-order valence-corrected chi connectivity index (χ0v) is 12.2. The Kier molecular flexibility index (Phi) is 3.95. The second-order valence-corrected chi connectivity index (χ2v) is 5.24. The third-order valence-corrected chi connectivity index (χ3v) is 3.40. The van der Waals surface area contributed by atoms with Crippen LogP contribution in [0.25, 0.3) is 0 Å². The second kappa shape index (κ2) is 6.05. The molecule has 7 nitrogen and oxygen atoms in total. The van der Waals surface area contributed by atoms with Crippen LogP contribution in [0.3, 0.4) is 0 Å². The molecule has 116 valence electrons. The number of hydrazone groups is 1. The molecule has 1 aromatic rings. The molecule has 0 atom stereocenters. The van der Waals surface area contributed by atoms with E-state index in [4.69, 9.17) is 9.47 Å². The van der Waals surface area contributed by atoms with Gasteiger partial charge in [-0.3, -0.25) is 9.59 Å². The van der Waals surface area contributed by atoms with Crippen molar-refractivity contribution in [1.29, 1.82) is 0 Å². The lowest BCUT2D eigenvalue weighted by atomic mass is 10.1. The van der Waals surface area contributed by atoms with Gasteiger partial charge in [0.1, 0.15) is 13.2 Å². The maximum atomic E-state index is 11.6. The van der Waals surface area contributed by atoms with Gasteiger partial charge in [0.25, 0.3) is 0 Å². The largest absolute Gasteiger partial charge is 0.486 e. The van der Waals surface area contributed by atoms with Gasteiger partial charge in [0.2, 0.25) is 0 Å². The van der Waals surface area contributed by atoms with E-state index in [1.165, 1.54) is 0 Å². The van der Waals surface area contributed by atoms with E-state index in [9.17, 15) is 9.59 Å². The SMILES string of the molecule is C/C(=N/NC(=O)C(=O)NC1CC1)c1ccc2c(c1)OCCO2. The van der Waals surface area contributed by atoms with Crippen LogP contribution >= 0.6 is 0 Å². The Balaban J connectivity index is 1.63. The van der Waals surface area contributed by atoms with Gasteiger partial charge in [-0.15, -0.1) is 0 Å². The van der Waals surface area contributed by atoms with Gasteiger partial charge in [0.15, 0.2) is 11.5 Å². The van der Waals surface area contributed by atoms with Gasteiger partial charge < -0.3 is 14.8 Å². The van der Waals surface area contributed by atoms with Crippen molar-refractivity contribution in [2.75, 3.05) is 13.2 Å². The van der Waals surface area contributed by atoms with Crippen molar-refractivity contribution in [3.05, 3.63) is 23.8 Å². The van der Waals surface area contributed by atoms with Gasteiger partial charge in [-0.1, -0.05) is 0 Å². The molecule has 0 radical (unpaired) electrons. The fourth-order valence-electron chi connectivity index (χ4n) is 2.00. The Morgan fingerprint density at radius 2 is 1.86 bits per heavy atom. The minimum absolute atomic E-state index is 0.140. The molecule has 2 aliphatic rings. The number of hydrogen-bond donors (Lipinski definition) is 2. The molecule has 2 amide bonds. The van der Waals surface area contributed by atoms with Crippen LogP contribution in [0, 0.1) is 0 Å². The molecule has 1 saturated carbocycles. The summed E-state index contributed by atoms with van der Waals surface area (Å²) in [6.45, 7) is 2.78. The summed E-state index contributed by atoms with van der Waals surface area (Å²) in [6, 6.07) is 5.55. The molecule has 0 unspecified atom stereocenters. The van der Waals surface area contributed by atoms with Crippen LogP contribution in [-0.4, -0.2) is 36.8 Å². The number of benzene rings is 1. The van der Waals surface area contributed by atoms with Crippen LogP contribution in [0.5, 0.6) is 11.5 Å². The van der Waals surface area contributed by atoms with E-state index in [2.05, 4.69) is 15.8 Å². The highest BCUT2D eigenvalue weighted by molar-refractivity contribution is 6.35. The highest BCUT2D eigenvalue weighted by Crippen LogP contribution is 2.30. The Morgan fingerprint density at radius 3 is 2.59 bits per heavy atom. The predicted molar refractivity (Wildman–Crippen MR) is 79.0 cm³/mol. The Hall–Kier alpha value is -2.57. The maximum Gasteiger partial charge on any atom is 0.329 e. The molecular weight excluding hydrogens is 286 g/mol. The Labute approximate surface area is 127 Å². The van der Waals surface area contributed by atoms with Gasteiger partial charge in [0, 0.05) is 11.6 Å². The molecule has 3 rings (SSSR count). The van der Waals surface area contributed by atoms with Crippen molar-refractivity contribution in [1.82, 2.24) is 10.7 Å². The number of ether oxygens (including phenoxy) is 2. The average Bonchev–Trinajstić information content (AvgIpc) is 3.35. The molecule has 1 aliphatic carbocycles. The number of fused-ring (bicyclic) bond motifs is 1. The Bertz CT molecular complexity index is 638. The number of amides is 2. The molecule has 0 saturated heterocycles. The van der Waals surface area contributed by atoms with E-state index >= 15 is 0 Å². The lowest BCUT2D eigenvalue weighted by Gasteiger charge is -2.18. The van der Waals surface area contributed by atoms with Crippen LogP contribution in [0.15, 0.2) is 23.3 Å². The van der Waals surface area contributed by atoms with E-state index in [1.54, 1.807) is 19.1 Å². The number of hydrogen-bond acceptors (Lipinski definition) is 5. The van der Waals surface area contributed by atoms with Gasteiger partial charge in [-0.2, -0.15) is 5.10 Å². The molecule has 22 heavy (non-hydrogen) atoms. The van der Waals surface area contributed by atoms with E-state index in [-0.39, 0.29) is 6.04 Å². The standard InChI is InChI=1S/C15H17N3O4/c1-9(17-18-15(20)14(19)16-11-3-4-11)10-2-5-12-13(8-10)22-7-6-21-12/h2,5,8,11H,3-4,6-7H2,1H3,(H,16,19)(H,18,20)/b17-9-. The molecular formula is C15H17N3O4. The van der Waals surface area contributed by atoms with Crippen molar-refractivity contribution < 1.29 is 19.1 Å². The van der Waals surface area contributed by atoms with Crippen molar-refractivity contribution in [3.63, 3.8) is 0 Å². The number of nitrogens with one attached hydrogen (secondary N) is 2. The number of rotatable bonds is 3. The molecule has 1 heterocycles. The van der Waals surface area contributed by atoms with Crippen LogP contribution in [0.1, 0.15) is 25.3 Å². The first-order valence-corrected chi connectivity index (χ1v) is 7.18. The summed E-state index contributed by atoms with van der Waals surface area (Å²) in [7, 11) is 0. The van der Waals surface area contributed by atoms with Crippen LogP contribution in [0.2, 0.25) is 0 Å². The van der Waals surface area contributed by atoms with Crippen molar-refractivity contribution in [2.45, 2.75) is 25.8 Å². The zero-order valence-electron chi connectivity index (χ0n) is 12.2. The first-order valence-electron chi connectivity index (χ1n) is 7.18. The van der Waals surface area contributed by atoms with Crippen molar-refractivity contribution in [3.8, 4) is 11.5 Å². The average molecular weight is 303 g/mol. The summed E-state index contributed by atoms with van der Waals surface area (Å²) in [5.41, 5.74) is 3.62. The summed E-state index contributed by atoms with van der Waals surface area (Å²) >= 11 is 0. The van der Waals surface area contributed by atoms with Gasteiger partial charge in [-0.05, 0) is 38.0 Å². The monoisotopic (exact) mass is 303 g/mol. The minimum Gasteiger partial charge on any atom is -0.486 e. The number of nitrogens with zero attached hydrogens (tertiary/aromatic N) is 1. The topological polar surface area (TPSA) is 89.0 Å². The fraction of sp³-hybridized carbons (Fsp3) is 0.400. The normalized spacial score (nSPS) is 16.9. The molecule has 1 aliphatic heterocycles. The molecule has 0 aromatic heterocycles. The molecule has 0 bridgehead atoms. The molecule has 0 spiro atoms. The van der Waals surface area contributed by atoms with E-state index in [0.29, 0.717) is 30.4 Å². The second-order valence-electron chi connectivity index (χ2n) is 5.24. The molecule has 1 fully saturated rings. The predicted octanol–water partition coefficient (Wildman–Crippen LogP) is 0.577. The van der Waals surface area contributed by atoms with Crippen LogP contribution < -0.4 is 20.2 Å². The van der Waals surface area contributed by atoms with Gasteiger partial charge >= 0.3 is 11.8 Å². The Morgan fingerprint density at radius 1 is 1.14 bits per heavy atom. The summed E-state index contributed by atoms with van der Waals surface area (Å²) in [4.78, 5) is 23.1. The third-order valence-electron chi connectivity index (χ3n) is 3.40. The third kappa shape index (κ3) is 3.36. The van der Waals surface area contributed by atoms with E-state index in [0.717, 1.165) is 18.4 Å². The van der Waals surface area contributed by atoms with Crippen LogP contribution in [0.4, 0.5) is 0 Å². The van der Waals surface area contributed by atoms with Crippen LogP contribution in [-0.2, 0) is 9.59 Å². The van der Waals surface area contributed by atoms with Gasteiger partial charge in [0.05, 0.1) is 5.71 Å². The summed E-state index contributed by atoms with van der Waals surface area (Å²) < 4.78 is 10.9. The first kappa shape index (κ1) is 14.4. The minimum atomic E-state index is -0.760. The highest BCUT2D eigenvalue weighted by atomic mass is 16.6. The smallest absolute Gasteiger partial charge is 0.329 e. The zero-order chi connectivity index (χ0) is 15.5. The van der Waals surface area contributed by atoms with Crippen molar-refractivity contribution in [2.24, 2.45) is 5.10 Å². The first-order chi connectivity index (χ1) is 10.6. The van der Waals surface area contributed by atoms with Crippen molar-refractivity contribution >= 4 is 17.5 Å². The summed E-state index contributed by atoms with van der Waals surface area (Å²) in [5.74, 6) is -0.0724. The molecule has 1 aromatic carbocycles. The summed E-state index contributed by atoms with van der Waals surface area (Å²) in [6.07, 6.45) is 1.86. The maximum absolute atomic E-state index is 11.6. The van der Waals surface area contributed by atoms with Gasteiger partial charge in [-0.25, -0.2) is 5.43 Å². The molecule has 2 N–H and O–H groups in total. The fourth-order valence-corrected chi connectivity index (χ4v) is 2.00. The lowest BCUT2D eigenvalue weighted by Crippen LogP contribution is -2.39. The molecule has 7 heteroatoms. The number of carbonyl (C=O) groups is 2. The summed E-state index contributed by atoms with van der Waals surface area (Å²) in [5, 5.41) is 6.55. The lowest BCUT2D eigenvalue weighted by molar-refractivity contribution is -0.139. The number of carbonyl (C=O) groups excluding carboxylic acids is 2. The van der Waals surface area contributed by atoms with E-state index in [1.807, 2.05) is 6.07 Å². The van der Waals surface area contributed by atoms with E-state index < -0.39 is 11.8 Å². The highest BCUT2D eigenvalue weighted by Gasteiger charge is 2.26.